The van der Waals surface area contributed by atoms with Crippen molar-refractivity contribution in [2.75, 3.05) is 10.6 Å². The molecule has 1 aliphatic heterocycles. The van der Waals surface area contributed by atoms with E-state index >= 15 is 0 Å². The summed E-state index contributed by atoms with van der Waals surface area (Å²) in [5.41, 5.74) is 1.50. The molecule has 1 aromatic heterocycles. The molecule has 0 atom stereocenters. The summed E-state index contributed by atoms with van der Waals surface area (Å²) in [6.45, 7) is 10.5. The van der Waals surface area contributed by atoms with Crippen molar-refractivity contribution in [2.24, 2.45) is 0 Å². The molecule has 8 nitrogen and oxygen atoms in total. The van der Waals surface area contributed by atoms with Gasteiger partial charge in [0, 0.05) is 22.8 Å². The molecule has 0 amide bonds. The molecule has 1 fully saturated rings. The number of rotatable bonds is 5. The lowest BCUT2D eigenvalue weighted by molar-refractivity contribution is -0.383. The Hall–Kier alpha value is -2.74. The van der Waals surface area contributed by atoms with E-state index in [2.05, 4.69) is 53.6 Å². The van der Waals surface area contributed by atoms with Crippen LogP contribution in [0.5, 0.6) is 0 Å². The van der Waals surface area contributed by atoms with Crippen LogP contribution in [0.25, 0.3) is 0 Å². The van der Waals surface area contributed by atoms with Gasteiger partial charge in [-0.2, -0.15) is 0 Å². The van der Waals surface area contributed by atoms with E-state index in [9.17, 15) is 10.1 Å². The van der Waals surface area contributed by atoms with Crippen molar-refractivity contribution in [1.82, 2.24) is 15.3 Å². The van der Waals surface area contributed by atoms with Crippen molar-refractivity contribution >= 4 is 23.0 Å². The molecule has 1 saturated heterocycles. The Kier molecular flexibility index (Phi) is 5.25. The van der Waals surface area contributed by atoms with Gasteiger partial charge in [0.15, 0.2) is 0 Å². The summed E-state index contributed by atoms with van der Waals surface area (Å²) in [6, 6.07) is 7.68. The second kappa shape index (κ2) is 7.35. The fraction of sp³-hybridized carbons (Fsp3) is 0.500. The summed E-state index contributed by atoms with van der Waals surface area (Å²) in [7, 11) is 0. The monoisotopic (exact) mass is 384 g/mol. The van der Waals surface area contributed by atoms with Gasteiger partial charge in [-0.15, -0.1) is 0 Å². The first kappa shape index (κ1) is 20.0. The molecule has 150 valence electrons. The Labute approximate surface area is 165 Å². The van der Waals surface area contributed by atoms with Crippen LogP contribution in [0, 0.1) is 17.0 Å². The molecule has 1 aliphatic rings. The summed E-state index contributed by atoms with van der Waals surface area (Å²) >= 11 is 0. The van der Waals surface area contributed by atoms with E-state index in [1.807, 2.05) is 31.2 Å². The number of anilines is 3. The number of aromatic nitrogens is 2. The first-order chi connectivity index (χ1) is 13.0. The molecule has 2 aromatic rings. The largest absolute Gasteiger partial charge is 0.361 e. The van der Waals surface area contributed by atoms with Crippen LogP contribution in [-0.4, -0.2) is 32.0 Å². The molecule has 28 heavy (non-hydrogen) atoms. The number of hydrogen-bond acceptors (Lipinski definition) is 7. The van der Waals surface area contributed by atoms with Crippen LogP contribution in [0.2, 0.25) is 0 Å². The van der Waals surface area contributed by atoms with Crippen LogP contribution in [0.3, 0.4) is 0 Å². The first-order valence-corrected chi connectivity index (χ1v) is 9.44. The van der Waals surface area contributed by atoms with E-state index in [1.165, 1.54) is 6.33 Å². The van der Waals surface area contributed by atoms with Crippen molar-refractivity contribution in [2.45, 2.75) is 64.6 Å². The number of hydrogen-bond donors (Lipinski definition) is 3. The molecule has 0 aliphatic carbocycles. The Morgan fingerprint density at radius 2 is 1.79 bits per heavy atom. The van der Waals surface area contributed by atoms with Gasteiger partial charge in [-0.1, -0.05) is 12.1 Å². The van der Waals surface area contributed by atoms with Gasteiger partial charge in [0.05, 0.1) is 4.92 Å². The van der Waals surface area contributed by atoms with Gasteiger partial charge in [-0.05, 0) is 65.2 Å². The molecule has 0 spiro atoms. The maximum atomic E-state index is 11.8. The average Bonchev–Trinajstić information content (AvgIpc) is 2.51. The summed E-state index contributed by atoms with van der Waals surface area (Å²) in [6.07, 6.45) is 3.02. The highest BCUT2D eigenvalue weighted by Gasteiger charge is 2.38. The smallest absolute Gasteiger partial charge is 0.353 e. The minimum Gasteiger partial charge on any atom is -0.361 e. The lowest BCUT2D eigenvalue weighted by Crippen LogP contribution is -2.60. The van der Waals surface area contributed by atoms with E-state index in [0.29, 0.717) is 0 Å². The number of benzene rings is 1. The fourth-order valence-electron chi connectivity index (χ4n) is 4.23. The van der Waals surface area contributed by atoms with Gasteiger partial charge in [0.2, 0.25) is 11.6 Å². The van der Waals surface area contributed by atoms with Gasteiger partial charge < -0.3 is 16.0 Å². The number of nitro groups is 1. The quantitative estimate of drug-likeness (QED) is 0.525. The first-order valence-electron chi connectivity index (χ1n) is 9.44. The topological polar surface area (TPSA) is 105 Å². The molecular weight excluding hydrogens is 356 g/mol. The zero-order valence-electron chi connectivity index (χ0n) is 17.0. The molecule has 1 aromatic carbocycles. The van der Waals surface area contributed by atoms with Gasteiger partial charge in [0.1, 0.15) is 6.33 Å². The van der Waals surface area contributed by atoms with Crippen LogP contribution < -0.4 is 16.0 Å². The van der Waals surface area contributed by atoms with Crippen molar-refractivity contribution in [3.8, 4) is 0 Å². The normalized spacial score (nSPS) is 18.5. The number of nitrogens with one attached hydrogen (secondary N) is 3. The Balaban J connectivity index is 1.90. The summed E-state index contributed by atoms with van der Waals surface area (Å²) in [5.74, 6) is 0.425. The van der Waals surface area contributed by atoms with E-state index in [1.54, 1.807) is 0 Å². The van der Waals surface area contributed by atoms with Crippen molar-refractivity contribution < 1.29 is 4.92 Å². The predicted molar refractivity (Wildman–Crippen MR) is 111 cm³/mol. The van der Waals surface area contributed by atoms with Gasteiger partial charge in [0.25, 0.3) is 0 Å². The van der Waals surface area contributed by atoms with E-state index in [4.69, 9.17) is 0 Å². The van der Waals surface area contributed by atoms with Crippen molar-refractivity contribution in [3.63, 3.8) is 0 Å². The lowest BCUT2D eigenvalue weighted by Gasteiger charge is -2.46. The Morgan fingerprint density at radius 1 is 1.14 bits per heavy atom. The SMILES string of the molecule is Cc1cccc(Nc2ncnc(NC3CC(C)(C)NC(C)(C)C3)c2[N+](=O)[O-])c1. The Bertz CT molecular complexity index is 865. The molecule has 3 rings (SSSR count). The van der Waals surface area contributed by atoms with Gasteiger partial charge >= 0.3 is 5.69 Å². The van der Waals surface area contributed by atoms with Gasteiger partial charge in [-0.25, -0.2) is 9.97 Å². The fourth-order valence-corrected chi connectivity index (χ4v) is 4.23. The number of aryl methyl sites for hydroxylation is 1. The van der Waals surface area contributed by atoms with Crippen LogP contribution in [0.1, 0.15) is 46.1 Å². The minimum absolute atomic E-state index is 0.0617. The third-order valence-corrected chi connectivity index (χ3v) is 4.82. The maximum Gasteiger partial charge on any atom is 0.353 e. The van der Waals surface area contributed by atoms with Crippen LogP contribution in [0.15, 0.2) is 30.6 Å². The van der Waals surface area contributed by atoms with E-state index in [0.717, 1.165) is 24.1 Å². The number of piperidine rings is 1. The van der Waals surface area contributed by atoms with Crippen molar-refractivity contribution in [3.05, 3.63) is 46.3 Å². The molecule has 8 heteroatoms. The molecule has 3 N–H and O–H groups in total. The zero-order chi connectivity index (χ0) is 20.5. The van der Waals surface area contributed by atoms with Gasteiger partial charge in [-0.3, -0.25) is 10.1 Å². The molecule has 0 bridgehead atoms. The summed E-state index contributed by atoms with van der Waals surface area (Å²) in [4.78, 5) is 19.7. The molecule has 0 saturated carbocycles. The second-order valence-corrected chi connectivity index (χ2v) is 8.81. The maximum absolute atomic E-state index is 11.8. The highest BCUT2D eigenvalue weighted by Crippen LogP contribution is 2.35. The number of nitrogens with zero attached hydrogens (tertiary/aromatic N) is 3. The molecule has 0 radical (unpaired) electrons. The third kappa shape index (κ3) is 4.75. The second-order valence-electron chi connectivity index (χ2n) is 8.81. The van der Waals surface area contributed by atoms with Crippen molar-refractivity contribution in [1.29, 1.82) is 0 Å². The van der Waals surface area contributed by atoms with Crippen LogP contribution >= 0.6 is 0 Å². The highest BCUT2D eigenvalue weighted by molar-refractivity contribution is 5.74. The lowest BCUT2D eigenvalue weighted by atomic mass is 9.79. The molecule has 2 heterocycles. The predicted octanol–water partition coefficient (Wildman–Crippen LogP) is 4.16. The average molecular weight is 384 g/mol. The standard InChI is InChI=1S/C20H28N6O2/c1-13-7-6-8-14(9-13)23-17-16(26(27)28)18(22-12-21-17)24-15-10-19(2,3)25-20(4,5)11-15/h6-9,12,15,25H,10-11H2,1-5H3,(H2,21,22,23,24). The van der Waals surface area contributed by atoms with Crippen LogP contribution in [0.4, 0.5) is 23.0 Å². The third-order valence-electron chi connectivity index (χ3n) is 4.82. The summed E-state index contributed by atoms with van der Waals surface area (Å²) < 4.78 is 0. The summed E-state index contributed by atoms with van der Waals surface area (Å²) in [5, 5.41) is 21.8. The highest BCUT2D eigenvalue weighted by atomic mass is 16.6. The molecule has 0 unspecified atom stereocenters. The zero-order valence-corrected chi connectivity index (χ0v) is 17.0. The van der Waals surface area contributed by atoms with Crippen LogP contribution in [-0.2, 0) is 0 Å². The minimum atomic E-state index is -0.433. The Morgan fingerprint density at radius 3 is 2.39 bits per heavy atom. The molecular formula is C20H28N6O2. The van der Waals surface area contributed by atoms with E-state index in [-0.39, 0.29) is 34.4 Å². The van der Waals surface area contributed by atoms with E-state index < -0.39 is 4.92 Å².